The van der Waals surface area contributed by atoms with Crippen molar-refractivity contribution in [2.45, 2.75) is 18.9 Å². The molecule has 0 saturated heterocycles. The topological polar surface area (TPSA) is 58.1 Å². The third-order valence-electron chi connectivity index (χ3n) is 4.11. The van der Waals surface area contributed by atoms with Crippen molar-refractivity contribution in [2.75, 3.05) is 18.5 Å². The highest BCUT2D eigenvalue weighted by Gasteiger charge is 2.24. The number of thiophene rings is 1. The van der Waals surface area contributed by atoms with Gasteiger partial charge >= 0.3 is 0 Å². The van der Waals surface area contributed by atoms with Gasteiger partial charge in [-0.3, -0.25) is 4.79 Å². The fourth-order valence-corrected chi connectivity index (χ4v) is 3.95. The summed E-state index contributed by atoms with van der Waals surface area (Å²) in [4.78, 5) is 23.8. The Balaban J connectivity index is 1.62. The van der Waals surface area contributed by atoms with Gasteiger partial charge in [0.15, 0.2) is 0 Å². The third kappa shape index (κ3) is 3.60. The number of nitrogens with zero attached hydrogens (tertiary/aromatic N) is 3. The van der Waals surface area contributed by atoms with Gasteiger partial charge < -0.3 is 10.2 Å². The van der Waals surface area contributed by atoms with E-state index in [1.165, 1.54) is 0 Å². The Kier molecular flexibility index (Phi) is 4.31. The van der Waals surface area contributed by atoms with Crippen molar-refractivity contribution in [1.82, 2.24) is 15.3 Å². The Hall–Kier alpha value is -2.18. The highest BCUT2D eigenvalue weighted by Crippen LogP contribution is 2.36. The fourth-order valence-electron chi connectivity index (χ4n) is 2.66. The quantitative estimate of drug-likeness (QED) is 0.741. The number of anilines is 1. The van der Waals surface area contributed by atoms with E-state index < -0.39 is 0 Å². The Bertz CT molecular complexity index is 920. The highest BCUT2D eigenvalue weighted by atomic mass is 35.5. The van der Waals surface area contributed by atoms with E-state index in [1.54, 1.807) is 17.7 Å². The molecule has 2 aromatic heterocycles. The van der Waals surface area contributed by atoms with E-state index in [1.807, 2.05) is 42.3 Å². The molecule has 4 rings (SSSR count). The van der Waals surface area contributed by atoms with Crippen molar-refractivity contribution in [3.63, 3.8) is 0 Å². The lowest BCUT2D eigenvalue weighted by Crippen LogP contribution is -2.36. The molecule has 0 atom stereocenters. The molecule has 7 heteroatoms. The van der Waals surface area contributed by atoms with E-state index in [-0.39, 0.29) is 12.5 Å². The molecule has 1 aliphatic carbocycles. The van der Waals surface area contributed by atoms with Crippen molar-refractivity contribution < 1.29 is 4.79 Å². The lowest BCUT2D eigenvalue weighted by atomic mass is 10.2. The van der Waals surface area contributed by atoms with Gasteiger partial charge in [-0.2, -0.15) is 0 Å². The van der Waals surface area contributed by atoms with Gasteiger partial charge in [-0.15, -0.1) is 11.3 Å². The first-order chi connectivity index (χ1) is 12.1. The van der Waals surface area contributed by atoms with Crippen molar-refractivity contribution in [3.05, 3.63) is 41.7 Å². The molecule has 3 aromatic rings. The van der Waals surface area contributed by atoms with E-state index in [9.17, 15) is 4.79 Å². The van der Waals surface area contributed by atoms with Crippen LogP contribution in [0.4, 0.5) is 5.82 Å². The summed E-state index contributed by atoms with van der Waals surface area (Å²) in [5.41, 5.74) is 1.97. The lowest BCUT2D eigenvalue weighted by molar-refractivity contribution is -0.119. The lowest BCUT2D eigenvalue weighted by Gasteiger charge is -2.17. The fraction of sp³-hybridized carbons (Fsp3) is 0.278. The summed E-state index contributed by atoms with van der Waals surface area (Å²) in [5, 5.41) is 3.72. The molecule has 0 radical (unpaired) electrons. The molecule has 0 spiro atoms. The summed E-state index contributed by atoms with van der Waals surface area (Å²) in [7, 11) is 1.88. The van der Waals surface area contributed by atoms with E-state index in [4.69, 9.17) is 11.6 Å². The van der Waals surface area contributed by atoms with Crippen LogP contribution in [0.5, 0.6) is 0 Å². The van der Waals surface area contributed by atoms with Crippen LogP contribution in [-0.4, -0.2) is 35.5 Å². The van der Waals surface area contributed by atoms with Crippen LogP contribution in [0.3, 0.4) is 0 Å². The van der Waals surface area contributed by atoms with Crippen LogP contribution in [0, 0.1) is 0 Å². The van der Waals surface area contributed by atoms with Crippen LogP contribution in [-0.2, 0) is 4.79 Å². The maximum atomic E-state index is 12.1. The van der Waals surface area contributed by atoms with Gasteiger partial charge in [0.1, 0.15) is 12.1 Å². The van der Waals surface area contributed by atoms with Gasteiger partial charge in [-0.1, -0.05) is 23.7 Å². The standard InChI is InChI=1S/C18H17ClN4OS/c1-23(9-16(24)22-13-6-7-13)18-17-14(20-10-21-18)8-15(25-17)11-2-4-12(19)5-3-11/h2-5,8,10,13H,6-7,9H2,1H3,(H,22,24). The van der Waals surface area contributed by atoms with Crippen LogP contribution in [0.15, 0.2) is 36.7 Å². The van der Waals surface area contributed by atoms with Crippen LogP contribution < -0.4 is 10.2 Å². The smallest absolute Gasteiger partial charge is 0.239 e. The summed E-state index contributed by atoms with van der Waals surface area (Å²) in [5.74, 6) is 0.812. The summed E-state index contributed by atoms with van der Waals surface area (Å²) >= 11 is 7.59. The Morgan fingerprint density at radius 1 is 1.32 bits per heavy atom. The number of fused-ring (bicyclic) bond motifs is 1. The molecule has 5 nitrogen and oxygen atoms in total. The normalized spacial score (nSPS) is 13.8. The molecule has 0 bridgehead atoms. The highest BCUT2D eigenvalue weighted by molar-refractivity contribution is 7.22. The molecule has 128 valence electrons. The van der Waals surface area contributed by atoms with Gasteiger partial charge in [0, 0.05) is 23.0 Å². The third-order valence-corrected chi connectivity index (χ3v) is 5.53. The van der Waals surface area contributed by atoms with Gasteiger partial charge in [0.05, 0.1) is 16.8 Å². The van der Waals surface area contributed by atoms with Gasteiger partial charge in [0.25, 0.3) is 0 Å². The van der Waals surface area contributed by atoms with Crippen molar-refractivity contribution in [1.29, 1.82) is 0 Å². The second kappa shape index (κ2) is 6.61. The first-order valence-electron chi connectivity index (χ1n) is 8.11. The average Bonchev–Trinajstić information content (AvgIpc) is 3.29. The number of aromatic nitrogens is 2. The summed E-state index contributed by atoms with van der Waals surface area (Å²) < 4.78 is 0.981. The van der Waals surface area contributed by atoms with Crippen LogP contribution in [0.25, 0.3) is 20.7 Å². The van der Waals surface area contributed by atoms with Crippen LogP contribution >= 0.6 is 22.9 Å². The van der Waals surface area contributed by atoms with Gasteiger partial charge in [-0.25, -0.2) is 9.97 Å². The molecule has 2 heterocycles. The number of hydrogen-bond donors (Lipinski definition) is 1. The van der Waals surface area contributed by atoms with Crippen molar-refractivity contribution in [3.8, 4) is 10.4 Å². The average molecular weight is 373 g/mol. The van der Waals surface area contributed by atoms with Gasteiger partial charge in [-0.05, 0) is 36.6 Å². The first kappa shape index (κ1) is 16.3. The number of rotatable bonds is 5. The first-order valence-corrected chi connectivity index (χ1v) is 9.30. The van der Waals surface area contributed by atoms with Crippen LogP contribution in [0.2, 0.25) is 5.02 Å². The number of amides is 1. The van der Waals surface area contributed by atoms with E-state index in [2.05, 4.69) is 15.3 Å². The molecule has 25 heavy (non-hydrogen) atoms. The second-order valence-corrected chi connectivity index (χ2v) is 7.72. The summed E-state index contributed by atoms with van der Waals surface area (Å²) in [6.45, 7) is 0.288. The zero-order valence-electron chi connectivity index (χ0n) is 13.7. The minimum atomic E-state index is 0.0336. The predicted molar refractivity (Wildman–Crippen MR) is 102 cm³/mol. The SMILES string of the molecule is CN(CC(=O)NC1CC1)c1ncnc2cc(-c3ccc(Cl)cc3)sc12. The number of hydrogen-bond acceptors (Lipinski definition) is 5. The number of likely N-dealkylation sites (N-methyl/N-ethyl adjacent to an activating group) is 1. The Morgan fingerprint density at radius 3 is 2.80 bits per heavy atom. The number of carbonyl (C=O) groups excluding carboxylic acids is 1. The molecule has 1 amide bonds. The van der Waals surface area contributed by atoms with E-state index in [0.29, 0.717) is 11.1 Å². The molecule has 1 aromatic carbocycles. The largest absolute Gasteiger partial charge is 0.352 e. The van der Waals surface area contributed by atoms with Crippen LogP contribution in [0.1, 0.15) is 12.8 Å². The van der Waals surface area contributed by atoms with Gasteiger partial charge in [0.2, 0.25) is 5.91 Å². The molecule has 1 aliphatic rings. The summed E-state index contributed by atoms with van der Waals surface area (Å²) in [6, 6.07) is 10.2. The molecule has 0 aliphatic heterocycles. The number of halogens is 1. The zero-order chi connectivity index (χ0) is 17.4. The van der Waals surface area contributed by atoms with E-state index >= 15 is 0 Å². The molecule has 1 fully saturated rings. The molecular formula is C18H17ClN4OS. The molecule has 0 unspecified atom stereocenters. The molecule has 1 N–H and O–H groups in total. The maximum Gasteiger partial charge on any atom is 0.239 e. The monoisotopic (exact) mass is 372 g/mol. The Labute approximate surface area is 154 Å². The summed E-state index contributed by atoms with van der Waals surface area (Å²) in [6.07, 6.45) is 3.72. The number of nitrogens with one attached hydrogen (secondary N) is 1. The maximum absolute atomic E-state index is 12.1. The minimum absolute atomic E-state index is 0.0336. The van der Waals surface area contributed by atoms with E-state index in [0.717, 1.165) is 39.3 Å². The second-order valence-electron chi connectivity index (χ2n) is 6.23. The van der Waals surface area contributed by atoms with Crippen molar-refractivity contribution >= 4 is 44.9 Å². The molecular weight excluding hydrogens is 356 g/mol. The predicted octanol–water partition coefficient (Wildman–Crippen LogP) is 3.73. The minimum Gasteiger partial charge on any atom is -0.352 e. The zero-order valence-corrected chi connectivity index (χ0v) is 15.3. The molecule has 1 saturated carbocycles. The van der Waals surface area contributed by atoms with Crippen molar-refractivity contribution in [2.24, 2.45) is 0 Å². The number of carbonyl (C=O) groups is 1. The number of benzene rings is 1. The Morgan fingerprint density at radius 2 is 2.08 bits per heavy atom.